The Labute approximate surface area is 279 Å². The summed E-state index contributed by atoms with van der Waals surface area (Å²) < 4.78 is 33.5. The highest BCUT2D eigenvalue weighted by atomic mass is 79.9. The number of anilines is 2. The van der Waals surface area contributed by atoms with Crippen molar-refractivity contribution in [1.82, 2.24) is 24.3 Å². The lowest BCUT2D eigenvalue weighted by molar-refractivity contribution is 0.413. The number of hydrogen-bond donors (Lipinski definition) is 2. The summed E-state index contributed by atoms with van der Waals surface area (Å²) in [6.07, 6.45) is 6.60. The van der Waals surface area contributed by atoms with Crippen LogP contribution in [0.1, 0.15) is 41.5 Å². The first-order chi connectivity index (χ1) is 21.0. The smallest absolute Gasteiger partial charge is 0.224 e. The van der Waals surface area contributed by atoms with Crippen molar-refractivity contribution in [2.75, 3.05) is 18.2 Å². The van der Waals surface area contributed by atoms with E-state index in [4.69, 9.17) is 17.0 Å². The molecule has 5 rings (SSSR count). The van der Waals surface area contributed by atoms with Crippen molar-refractivity contribution in [3.63, 3.8) is 0 Å². The molecule has 0 spiro atoms. The molecule has 3 N–H and O–H groups in total. The predicted molar refractivity (Wildman–Crippen MR) is 183 cm³/mol. The molecule has 0 unspecified atom stereocenters. The van der Waals surface area contributed by atoms with Gasteiger partial charge in [0, 0.05) is 38.1 Å². The van der Waals surface area contributed by atoms with E-state index in [0.717, 1.165) is 27.3 Å². The van der Waals surface area contributed by atoms with E-state index in [1.807, 2.05) is 31.4 Å². The maximum atomic E-state index is 13.2. The summed E-state index contributed by atoms with van der Waals surface area (Å²) in [6.45, 7) is 18.4. The molecule has 3 aromatic heterocycles. The third kappa shape index (κ3) is 13.6. The van der Waals surface area contributed by atoms with Gasteiger partial charge in [0.15, 0.2) is 5.65 Å². The van der Waals surface area contributed by atoms with Crippen molar-refractivity contribution in [2.24, 2.45) is 0 Å². The standard InChI is InChI=1S/C16H16BrFN4.C7H7FO.C5H9N.C4H4BrN3/c1-16(2,3)21-15-14(10-4-6-11(18)7-5-10)20-13-8-19-12(17)9-22(13)15;1-9-7-4-2-6(8)3-5-7;1-5(2,3)6-4;5-3-1-8-4(6)2-7-3/h4-9,21H,1-3H3;2-5H,1H3;1-3H3;1-2H,(H2,6,8). The van der Waals surface area contributed by atoms with Crippen LogP contribution in [0.25, 0.3) is 21.7 Å². The Bertz CT molecular complexity index is 1650. The minimum Gasteiger partial charge on any atom is -0.497 e. The number of aromatic nitrogens is 5. The number of halogens is 4. The Kier molecular flexibility index (Phi) is 13.8. The summed E-state index contributed by atoms with van der Waals surface area (Å²) in [6, 6.07) is 12.2. The molecule has 3 heterocycles. The zero-order valence-electron chi connectivity index (χ0n) is 26.1. The molecule has 9 nitrogen and oxygen atoms in total. The first-order valence-electron chi connectivity index (χ1n) is 13.5. The average Bonchev–Trinajstić information content (AvgIpc) is 3.32. The van der Waals surface area contributed by atoms with Crippen LogP contribution in [0, 0.1) is 18.2 Å². The van der Waals surface area contributed by atoms with Gasteiger partial charge in [0.05, 0.1) is 25.7 Å². The second-order valence-corrected chi connectivity index (χ2v) is 13.0. The molecule has 0 aliphatic carbocycles. The van der Waals surface area contributed by atoms with E-state index in [1.54, 1.807) is 43.8 Å². The van der Waals surface area contributed by atoms with Gasteiger partial charge in [0.25, 0.3) is 0 Å². The Morgan fingerprint density at radius 1 is 0.844 bits per heavy atom. The molecule has 0 atom stereocenters. The van der Waals surface area contributed by atoms with Crippen molar-refractivity contribution < 1.29 is 13.5 Å². The van der Waals surface area contributed by atoms with Gasteiger partial charge in [0.2, 0.25) is 5.54 Å². The minimum absolute atomic E-state index is 0.138. The minimum atomic E-state index is -0.262. The lowest BCUT2D eigenvalue weighted by atomic mass is 10.1. The third-order valence-corrected chi connectivity index (χ3v) is 5.93. The number of imidazole rings is 1. The average molecular weight is 746 g/mol. The van der Waals surface area contributed by atoms with Crippen LogP contribution < -0.4 is 15.8 Å². The highest BCUT2D eigenvalue weighted by Crippen LogP contribution is 2.31. The summed E-state index contributed by atoms with van der Waals surface area (Å²) in [7, 11) is 1.55. The van der Waals surface area contributed by atoms with E-state index >= 15 is 0 Å². The molecule has 13 heteroatoms. The summed E-state index contributed by atoms with van der Waals surface area (Å²) in [5.74, 6) is 1.47. The Balaban J connectivity index is 0.000000251. The molecule has 5 aromatic rings. The van der Waals surface area contributed by atoms with Crippen molar-refractivity contribution in [3.8, 4) is 17.0 Å². The quantitative estimate of drug-likeness (QED) is 0.178. The van der Waals surface area contributed by atoms with Crippen molar-refractivity contribution in [1.29, 1.82) is 0 Å². The van der Waals surface area contributed by atoms with Crippen LogP contribution in [0.5, 0.6) is 5.75 Å². The molecule has 0 saturated carbocycles. The maximum Gasteiger partial charge on any atom is 0.224 e. The molecular formula is C32H36Br2F2N8O. The topological polar surface area (TPSA) is 108 Å². The van der Waals surface area contributed by atoms with Gasteiger partial charge < -0.3 is 20.6 Å². The fourth-order valence-corrected chi connectivity index (χ4v) is 3.62. The van der Waals surface area contributed by atoms with Crippen LogP contribution in [0.2, 0.25) is 0 Å². The molecule has 0 aliphatic heterocycles. The van der Waals surface area contributed by atoms with Crippen molar-refractivity contribution in [2.45, 2.75) is 52.6 Å². The molecule has 0 fully saturated rings. The number of nitrogens with two attached hydrogens (primary N) is 1. The third-order valence-electron chi connectivity index (χ3n) is 5.11. The maximum absolute atomic E-state index is 13.2. The largest absolute Gasteiger partial charge is 0.497 e. The zero-order valence-corrected chi connectivity index (χ0v) is 29.3. The molecule has 0 radical (unpaired) electrons. The second kappa shape index (κ2) is 16.8. The van der Waals surface area contributed by atoms with E-state index in [-0.39, 0.29) is 22.7 Å². The molecule has 45 heavy (non-hydrogen) atoms. The summed E-state index contributed by atoms with van der Waals surface area (Å²) >= 11 is 6.50. The van der Waals surface area contributed by atoms with Crippen LogP contribution in [0.3, 0.4) is 0 Å². The van der Waals surface area contributed by atoms with Gasteiger partial charge in [0.1, 0.15) is 43.9 Å². The van der Waals surface area contributed by atoms with Gasteiger partial charge in [-0.3, -0.25) is 4.40 Å². The SMILES string of the molecule is CC(C)(C)Nc1c(-c2ccc(F)cc2)nc2cnc(Br)cn12.COc1ccc(F)cc1.Nc1cnc(Br)cn1.[C-]#[N+]C(C)(C)C. The summed E-state index contributed by atoms with van der Waals surface area (Å²) in [5.41, 5.74) is 7.29. The number of nitrogens with zero attached hydrogens (tertiary/aromatic N) is 6. The highest BCUT2D eigenvalue weighted by Gasteiger charge is 2.19. The van der Waals surface area contributed by atoms with Crippen LogP contribution in [0.4, 0.5) is 20.4 Å². The lowest BCUT2D eigenvalue weighted by Crippen LogP contribution is -2.27. The number of rotatable bonds is 3. The van der Waals surface area contributed by atoms with Crippen LogP contribution >= 0.6 is 31.9 Å². The summed E-state index contributed by atoms with van der Waals surface area (Å²) in [4.78, 5) is 19.7. The molecular weight excluding hydrogens is 710 g/mol. The Morgan fingerprint density at radius 2 is 1.38 bits per heavy atom. The van der Waals surface area contributed by atoms with Gasteiger partial charge in [-0.15, -0.1) is 0 Å². The molecule has 2 aromatic carbocycles. The van der Waals surface area contributed by atoms with E-state index in [9.17, 15) is 8.78 Å². The first-order valence-corrected chi connectivity index (χ1v) is 15.1. The Hall–Kier alpha value is -4.15. The van der Waals surface area contributed by atoms with E-state index in [1.165, 1.54) is 30.5 Å². The van der Waals surface area contributed by atoms with E-state index in [0.29, 0.717) is 16.2 Å². The van der Waals surface area contributed by atoms with Gasteiger partial charge in [-0.2, -0.15) is 0 Å². The number of benzene rings is 2. The number of hydrogen-bond acceptors (Lipinski definition) is 7. The summed E-state index contributed by atoms with van der Waals surface area (Å²) in [5, 5.41) is 3.47. The van der Waals surface area contributed by atoms with Crippen LogP contribution in [-0.4, -0.2) is 42.5 Å². The van der Waals surface area contributed by atoms with Gasteiger partial charge in [-0.25, -0.2) is 35.3 Å². The first kappa shape index (κ1) is 37.0. The van der Waals surface area contributed by atoms with Crippen LogP contribution in [0.15, 0.2) is 82.5 Å². The molecule has 0 saturated heterocycles. The van der Waals surface area contributed by atoms with Gasteiger partial charge in [-0.05, 0) is 101 Å². The number of nitrogen functional groups attached to an aromatic ring is 1. The Morgan fingerprint density at radius 3 is 1.82 bits per heavy atom. The van der Waals surface area contributed by atoms with Crippen LogP contribution in [-0.2, 0) is 0 Å². The zero-order chi connectivity index (χ0) is 33.8. The van der Waals surface area contributed by atoms with Gasteiger partial charge in [-0.1, -0.05) is 0 Å². The number of fused-ring (bicyclic) bond motifs is 1. The predicted octanol–water partition coefficient (Wildman–Crippen LogP) is 8.87. The second-order valence-electron chi connectivity index (χ2n) is 11.3. The fourth-order valence-electron chi connectivity index (χ4n) is 3.11. The van der Waals surface area contributed by atoms with Crippen molar-refractivity contribution >= 4 is 49.1 Å². The fraction of sp³-hybridized carbons (Fsp3) is 0.281. The van der Waals surface area contributed by atoms with Gasteiger partial charge >= 0.3 is 0 Å². The van der Waals surface area contributed by atoms with Crippen molar-refractivity contribution in [3.05, 3.63) is 106 Å². The number of nitrogens with one attached hydrogen (secondary N) is 1. The number of methoxy groups -OCH3 is 1. The molecule has 0 amide bonds. The normalized spacial score (nSPS) is 10.6. The lowest BCUT2D eigenvalue weighted by Gasteiger charge is -2.22. The monoisotopic (exact) mass is 744 g/mol. The molecule has 0 bridgehead atoms. The highest BCUT2D eigenvalue weighted by molar-refractivity contribution is 9.10. The molecule has 238 valence electrons. The van der Waals surface area contributed by atoms with E-state index < -0.39 is 0 Å². The van der Waals surface area contributed by atoms with E-state index in [2.05, 4.69) is 82.7 Å². The number of ether oxygens (including phenoxy) is 1. The molecule has 0 aliphatic rings.